The largest absolute Gasteiger partial charge is 0.460 e. The molecule has 1 unspecified atom stereocenters. The number of carbonyl (C=O) groups excluding carboxylic acids is 2. The number of carbonyl (C=O) groups is 2. The van der Waals surface area contributed by atoms with Crippen LogP contribution in [-0.2, 0) is 24.4 Å². The standard InChI is InChI=1S/C22H27NO6S/c1-16(24)23-15-18(14-21(25)28-22(2,3)4)17-9-8-10-19(13-17)29-30(26,27)20-11-6-5-7-12-20/h5-13,18H,14-15H2,1-4H3,(H,23,24). The van der Waals surface area contributed by atoms with E-state index >= 15 is 0 Å². The highest BCUT2D eigenvalue weighted by Gasteiger charge is 2.23. The van der Waals surface area contributed by atoms with Gasteiger partial charge >= 0.3 is 16.1 Å². The van der Waals surface area contributed by atoms with Crippen LogP contribution < -0.4 is 9.50 Å². The number of hydrogen-bond acceptors (Lipinski definition) is 6. The van der Waals surface area contributed by atoms with E-state index in [1.807, 2.05) is 0 Å². The zero-order valence-electron chi connectivity index (χ0n) is 17.5. The van der Waals surface area contributed by atoms with Gasteiger partial charge < -0.3 is 14.2 Å². The van der Waals surface area contributed by atoms with Gasteiger partial charge in [0.1, 0.15) is 16.2 Å². The van der Waals surface area contributed by atoms with Gasteiger partial charge in [0.2, 0.25) is 5.91 Å². The topological polar surface area (TPSA) is 98.8 Å². The quantitative estimate of drug-likeness (QED) is 0.506. The van der Waals surface area contributed by atoms with Crippen LogP contribution in [0, 0.1) is 0 Å². The van der Waals surface area contributed by atoms with Crippen LogP contribution in [0.3, 0.4) is 0 Å². The fourth-order valence-corrected chi connectivity index (χ4v) is 3.69. The summed E-state index contributed by atoms with van der Waals surface area (Å²) in [6.45, 7) is 6.91. The molecule has 2 aromatic carbocycles. The first kappa shape index (κ1) is 23.4. The summed E-state index contributed by atoms with van der Waals surface area (Å²) in [6.07, 6.45) is 0.0203. The average molecular weight is 434 g/mol. The molecule has 1 amide bonds. The lowest BCUT2D eigenvalue weighted by molar-refractivity contribution is -0.155. The van der Waals surface area contributed by atoms with E-state index in [1.54, 1.807) is 57.2 Å². The molecule has 0 radical (unpaired) electrons. The van der Waals surface area contributed by atoms with Crippen molar-refractivity contribution in [2.24, 2.45) is 0 Å². The molecule has 0 fully saturated rings. The molecule has 1 atom stereocenters. The fraction of sp³-hybridized carbons (Fsp3) is 0.364. The summed E-state index contributed by atoms with van der Waals surface area (Å²) in [4.78, 5) is 23.7. The van der Waals surface area contributed by atoms with E-state index in [1.165, 1.54) is 25.1 Å². The number of nitrogens with one attached hydrogen (secondary N) is 1. The SMILES string of the molecule is CC(=O)NCC(CC(=O)OC(C)(C)C)c1cccc(OS(=O)(=O)c2ccccc2)c1. The lowest BCUT2D eigenvalue weighted by Crippen LogP contribution is -2.30. The molecule has 0 aliphatic carbocycles. The van der Waals surface area contributed by atoms with Crippen LogP contribution in [0.5, 0.6) is 5.75 Å². The van der Waals surface area contributed by atoms with Gasteiger partial charge in [0.05, 0.1) is 6.42 Å². The molecule has 7 nitrogen and oxygen atoms in total. The van der Waals surface area contributed by atoms with Gasteiger partial charge in [-0.1, -0.05) is 30.3 Å². The molecule has 0 saturated carbocycles. The van der Waals surface area contributed by atoms with E-state index in [-0.39, 0.29) is 29.5 Å². The van der Waals surface area contributed by atoms with Gasteiger partial charge in [0, 0.05) is 19.4 Å². The molecule has 0 aliphatic rings. The molecule has 0 aromatic heterocycles. The Morgan fingerprint density at radius 3 is 2.30 bits per heavy atom. The first-order valence-electron chi connectivity index (χ1n) is 9.52. The molecule has 0 bridgehead atoms. The Morgan fingerprint density at radius 2 is 1.70 bits per heavy atom. The maximum Gasteiger partial charge on any atom is 0.339 e. The minimum absolute atomic E-state index is 0.0203. The third-order valence-corrected chi connectivity index (χ3v) is 5.26. The number of ether oxygens (including phenoxy) is 1. The smallest absolute Gasteiger partial charge is 0.339 e. The molecular formula is C22H27NO6S. The predicted molar refractivity (Wildman–Crippen MR) is 113 cm³/mol. The Morgan fingerprint density at radius 1 is 1.03 bits per heavy atom. The molecule has 0 aliphatic heterocycles. The summed E-state index contributed by atoms with van der Waals surface area (Å²) < 4.78 is 35.6. The second-order valence-electron chi connectivity index (χ2n) is 7.85. The second-order valence-corrected chi connectivity index (χ2v) is 9.39. The summed E-state index contributed by atoms with van der Waals surface area (Å²) in [5, 5.41) is 2.70. The minimum atomic E-state index is -3.99. The highest BCUT2D eigenvalue weighted by atomic mass is 32.2. The number of amides is 1. The van der Waals surface area contributed by atoms with Crippen LogP contribution in [0.1, 0.15) is 45.6 Å². The van der Waals surface area contributed by atoms with Gasteiger partial charge in [-0.2, -0.15) is 8.42 Å². The minimum Gasteiger partial charge on any atom is -0.460 e. The Balaban J connectivity index is 2.24. The lowest BCUT2D eigenvalue weighted by atomic mass is 9.95. The molecule has 0 heterocycles. The van der Waals surface area contributed by atoms with Gasteiger partial charge in [0.15, 0.2) is 0 Å². The van der Waals surface area contributed by atoms with E-state index in [0.29, 0.717) is 5.56 Å². The van der Waals surface area contributed by atoms with Crippen LogP contribution >= 0.6 is 0 Å². The molecule has 30 heavy (non-hydrogen) atoms. The van der Waals surface area contributed by atoms with Gasteiger partial charge in [-0.05, 0) is 50.6 Å². The molecular weight excluding hydrogens is 406 g/mol. The van der Waals surface area contributed by atoms with Gasteiger partial charge in [0.25, 0.3) is 0 Å². The molecule has 162 valence electrons. The third kappa shape index (κ3) is 7.51. The van der Waals surface area contributed by atoms with E-state index in [9.17, 15) is 18.0 Å². The Bertz CT molecular complexity index is 980. The summed E-state index contributed by atoms with van der Waals surface area (Å²) in [7, 11) is -3.99. The molecule has 0 saturated heterocycles. The van der Waals surface area contributed by atoms with Crippen molar-refractivity contribution < 1.29 is 26.9 Å². The highest BCUT2D eigenvalue weighted by Crippen LogP contribution is 2.26. The first-order chi connectivity index (χ1) is 14.0. The lowest BCUT2D eigenvalue weighted by Gasteiger charge is -2.23. The summed E-state index contributed by atoms with van der Waals surface area (Å²) in [6, 6.07) is 14.3. The van der Waals surface area contributed by atoms with Crippen LogP contribution in [0.25, 0.3) is 0 Å². The normalized spacial score (nSPS) is 12.7. The first-order valence-corrected chi connectivity index (χ1v) is 10.9. The van der Waals surface area contributed by atoms with Crippen LogP contribution in [0.4, 0.5) is 0 Å². The highest BCUT2D eigenvalue weighted by molar-refractivity contribution is 7.87. The Labute approximate surface area is 177 Å². The van der Waals surface area contributed by atoms with Gasteiger partial charge in [-0.3, -0.25) is 9.59 Å². The van der Waals surface area contributed by atoms with Crippen molar-refractivity contribution >= 4 is 22.0 Å². The van der Waals surface area contributed by atoms with Crippen molar-refractivity contribution in [3.63, 3.8) is 0 Å². The van der Waals surface area contributed by atoms with Crippen LogP contribution in [0.15, 0.2) is 59.5 Å². The number of hydrogen-bond donors (Lipinski definition) is 1. The second kappa shape index (κ2) is 9.75. The van der Waals surface area contributed by atoms with E-state index in [4.69, 9.17) is 8.92 Å². The zero-order chi connectivity index (χ0) is 22.4. The van der Waals surface area contributed by atoms with E-state index < -0.39 is 27.6 Å². The Kier molecular flexibility index (Phi) is 7.61. The number of rotatable bonds is 8. The van der Waals surface area contributed by atoms with Crippen molar-refractivity contribution in [3.05, 3.63) is 60.2 Å². The summed E-state index contributed by atoms with van der Waals surface area (Å²) >= 11 is 0. The van der Waals surface area contributed by atoms with Gasteiger partial charge in [-0.25, -0.2) is 0 Å². The van der Waals surface area contributed by atoms with Crippen LogP contribution in [-0.4, -0.2) is 32.4 Å². The zero-order valence-corrected chi connectivity index (χ0v) is 18.4. The maximum absolute atomic E-state index is 12.5. The van der Waals surface area contributed by atoms with Crippen molar-refractivity contribution in [1.29, 1.82) is 0 Å². The van der Waals surface area contributed by atoms with Gasteiger partial charge in [-0.15, -0.1) is 0 Å². The predicted octanol–water partition coefficient (Wildman–Crippen LogP) is 3.41. The molecule has 8 heteroatoms. The molecule has 0 spiro atoms. The summed E-state index contributed by atoms with van der Waals surface area (Å²) in [5.41, 5.74) is 0.0139. The number of benzene rings is 2. The van der Waals surface area contributed by atoms with E-state index in [0.717, 1.165) is 0 Å². The Hall–Kier alpha value is -2.87. The fourth-order valence-electron chi connectivity index (χ4n) is 2.74. The number of esters is 1. The summed E-state index contributed by atoms with van der Waals surface area (Å²) in [5.74, 6) is -0.940. The van der Waals surface area contributed by atoms with Crippen molar-refractivity contribution in [2.75, 3.05) is 6.54 Å². The van der Waals surface area contributed by atoms with Crippen molar-refractivity contribution in [1.82, 2.24) is 5.32 Å². The van der Waals surface area contributed by atoms with Crippen LogP contribution in [0.2, 0.25) is 0 Å². The average Bonchev–Trinajstić information content (AvgIpc) is 2.64. The molecule has 1 N–H and O–H groups in total. The van der Waals surface area contributed by atoms with Crippen molar-refractivity contribution in [2.45, 2.75) is 50.5 Å². The molecule has 2 rings (SSSR count). The monoisotopic (exact) mass is 433 g/mol. The third-order valence-electron chi connectivity index (χ3n) is 4.00. The maximum atomic E-state index is 12.5. The van der Waals surface area contributed by atoms with Crippen molar-refractivity contribution in [3.8, 4) is 5.75 Å². The molecule has 2 aromatic rings. The van der Waals surface area contributed by atoms with E-state index in [2.05, 4.69) is 5.32 Å².